The Morgan fingerprint density at radius 1 is 1.00 bits per heavy atom. The number of nitrogens with one attached hydrogen (secondary N) is 1. The number of piperidine rings is 1. The smallest absolute Gasteiger partial charge is 0.356 e. The number of sulfonamides is 1. The maximum atomic E-state index is 13.2. The zero-order chi connectivity index (χ0) is 22.5. The second kappa shape index (κ2) is 9.82. The van der Waals surface area contributed by atoms with Gasteiger partial charge in [0.05, 0.1) is 10.5 Å². The molecule has 31 heavy (non-hydrogen) atoms. The van der Waals surface area contributed by atoms with Crippen LogP contribution in [0.25, 0.3) is 0 Å². The summed E-state index contributed by atoms with van der Waals surface area (Å²) in [5.41, 5.74) is 0.0164. The van der Waals surface area contributed by atoms with E-state index in [0.29, 0.717) is 6.54 Å². The van der Waals surface area contributed by atoms with Crippen molar-refractivity contribution >= 4 is 15.9 Å². The lowest BCUT2D eigenvalue weighted by Gasteiger charge is -2.31. The van der Waals surface area contributed by atoms with Gasteiger partial charge in [-0.2, -0.15) is 17.5 Å². The molecule has 1 saturated heterocycles. The normalized spacial score (nSPS) is 16.2. The van der Waals surface area contributed by atoms with E-state index >= 15 is 0 Å². The number of halogens is 3. The molecule has 168 valence electrons. The zero-order valence-corrected chi connectivity index (χ0v) is 17.8. The van der Waals surface area contributed by atoms with E-state index in [1.807, 2.05) is 30.3 Å². The first-order valence-electron chi connectivity index (χ1n) is 10.2. The molecule has 0 unspecified atom stereocenters. The SMILES string of the molecule is O=C(NCCCc1ccccc1)C1CCN(S(=O)(=O)c2ccccc2C(F)(F)F)CC1. The second-order valence-electron chi connectivity index (χ2n) is 7.55. The van der Waals surface area contributed by atoms with E-state index in [9.17, 15) is 26.4 Å². The summed E-state index contributed by atoms with van der Waals surface area (Å²) in [5.74, 6) is -0.484. The Bertz CT molecular complexity index is 987. The van der Waals surface area contributed by atoms with Crippen molar-refractivity contribution in [2.45, 2.75) is 36.8 Å². The molecule has 3 rings (SSSR count). The summed E-state index contributed by atoms with van der Waals surface area (Å²) in [6.45, 7) is 0.540. The summed E-state index contributed by atoms with van der Waals surface area (Å²) in [7, 11) is -4.29. The van der Waals surface area contributed by atoms with Crippen molar-refractivity contribution in [2.75, 3.05) is 19.6 Å². The van der Waals surface area contributed by atoms with Crippen LogP contribution in [-0.4, -0.2) is 38.3 Å². The van der Waals surface area contributed by atoms with Crippen molar-refractivity contribution in [1.82, 2.24) is 9.62 Å². The van der Waals surface area contributed by atoms with E-state index in [-0.39, 0.29) is 37.8 Å². The molecule has 0 bridgehead atoms. The molecule has 1 N–H and O–H groups in total. The zero-order valence-electron chi connectivity index (χ0n) is 16.9. The minimum Gasteiger partial charge on any atom is -0.356 e. The Hall–Kier alpha value is -2.39. The minimum atomic E-state index is -4.76. The monoisotopic (exact) mass is 454 g/mol. The molecule has 0 radical (unpaired) electrons. The Morgan fingerprint density at radius 3 is 2.26 bits per heavy atom. The van der Waals surface area contributed by atoms with Crippen molar-refractivity contribution in [1.29, 1.82) is 0 Å². The maximum Gasteiger partial charge on any atom is 0.417 e. The fraction of sp³-hybridized carbons (Fsp3) is 0.409. The van der Waals surface area contributed by atoms with Crippen LogP contribution in [0.4, 0.5) is 13.2 Å². The molecule has 9 heteroatoms. The van der Waals surface area contributed by atoms with Crippen LogP contribution in [0.2, 0.25) is 0 Å². The fourth-order valence-electron chi connectivity index (χ4n) is 3.72. The number of alkyl halides is 3. The third-order valence-corrected chi connectivity index (χ3v) is 7.38. The molecule has 1 amide bonds. The molecule has 0 saturated carbocycles. The molecular weight excluding hydrogens is 429 g/mol. The first-order valence-corrected chi connectivity index (χ1v) is 11.6. The van der Waals surface area contributed by atoms with Gasteiger partial charge in [0, 0.05) is 25.6 Å². The maximum absolute atomic E-state index is 13.2. The Balaban J connectivity index is 1.52. The van der Waals surface area contributed by atoms with Gasteiger partial charge in [0.25, 0.3) is 0 Å². The largest absolute Gasteiger partial charge is 0.417 e. The third kappa shape index (κ3) is 5.86. The van der Waals surface area contributed by atoms with Crippen LogP contribution >= 0.6 is 0 Å². The number of aryl methyl sites for hydroxylation is 1. The summed E-state index contributed by atoms with van der Waals surface area (Å²) in [6, 6.07) is 14.1. The van der Waals surface area contributed by atoms with E-state index in [1.54, 1.807) is 0 Å². The van der Waals surface area contributed by atoms with E-state index in [4.69, 9.17) is 0 Å². The summed E-state index contributed by atoms with van der Waals surface area (Å²) >= 11 is 0. The molecule has 2 aromatic carbocycles. The van der Waals surface area contributed by atoms with Gasteiger partial charge in [0.2, 0.25) is 15.9 Å². The Labute approximate surface area is 180 Å². The molecule has 0 atom stereocenters. The lowest BCUT2D eigenvalue weighted by atomic mass is 9.97. The molecule has 2 aromatic rings. The molecule has 5 nitrogen and oxygen atoms in total. The van der Waals surface area contributed by atoms with Crippen molar-refractivity contribution in [3.8, 4) is 0 Å². The first-order chi connectivity index (χ1) is 14.7. The van der Waals surface area contributed by atoms with Crippen LogP contribution in [0, 0.1) is 5.92 Å². The second-order valence-corrected chi connectivity index (χ2v) is 9.46. The van der Waals surface area contributed by atoms with Gasteiger partial charge >= 0.3 is 6.18 Å². The van der Waals surface area contributed by atoms with Crippen molar-refractivity contribution < 1.29 is 26.4 Å². The van der Waals surface area contributed by atoms with Gasteiger partial charge in [-0.15, -0.1) is 0 Å². The quantitative estimate of drug-likeness (QED) is 0.647. The number of carbonyl (C=O) groups excluding carboxylic acids is 1. The Kier molecular flexibility index (Phi) is 7.38. The predicted octanol–water partition coefficient (Wildman–Crippen LogP) is 3.86. The summed E-state index contributed by atoms with van der Waals surface area (Å²) < 4.78 is 66.3. The topological polar surface area (TPSA) is 66.5 Å². The van der Waals surface area contributed by atoms with Crippen molar-refractivity contribution in [3.63, 3.8) is 0 Å². The number of benzene rings is 2. The fourth-order valence-corrected chi connectivity index (χ4v) is 5.40. The van der Waals surface area contributed by atoms with Crippen LogP contribution in [0.3, 0.4) is 0 Å². The average Bonchev–Trinajstić information content (AvgIpc) is 2.77. The average molecular weight is 455 g/mol. The standard InChI is InChI=1S/C22H25F3N2O3S/c23-22(24,25)19-10-4-5-11-20(19)31(29,30)27-15-12-18(13-16-27)21(28)26-14-6-9-17-7-2-1-3-8-17/h1-5,7-8,10-11,18H,6,9,12-16H2,(H,26,28). The molecule has 0 aromatic heterocycles. The number of amides is 1. The number of carbonyl (C=O) groups is 1. The van der Waals surface area contributed by atoms with Gasteiger partial charge in [0.1, 0.15) is 0 Å². The summed E-state index contributed by atoms with van der Waals surface area (Å²) in [6.07, 6.45) is -2.58. The lowest BCUT2D eigenvalue weighted by Crippen LogP contribution is -2.43. The highest BCUT2D eigenvalue weighted by molar-refractivity contribution is 7.89. The summed E-state index contributed by atoms with van der Waals surface area (Å²) in [4.78, 5) is 11.6. The van der Waals surface area contributed by atoms with E-state index in [2.05, 4.69) is 5.32 Å². The minimum absolute atomic E-state index is 0.0105. The molecule has 0 spiro atoms. The highest BCUT2D eigenvalue weighted by Crippen LogP contribution is 2.36. The number of nitrogens with zero attached hydrogens (tertiary/aromatic N) is 1. The highest BCUT2D eigenvalue weighted by Gasteiger charge is 2.40. The van der Waals surface area contributed by atoms with E-state index < -0.39 is 26.7 Å². The van der Waals surface area contributed by atoms with Gasteiger partial charge in [0.15, 0.2) is 0 Å². The molecule has 1 aliphatic rings. The highest BCUT2D eigenvalue weighted by atomic mass is 32.2. The first kappa shape index (κ1) is 23.3. The van der Waals surface area contributed by atoms with Crippen molar-refractivity contribution in [3.05, 3.63) is 65.7 Å². The van der Waals surface area contributed by atoms with Gasteiger partial charge in [-0.3, -0.25) is 4.79 Å². The number of hydrogen-bond donors (Lipinski definition) is 1. The predicted molar refractivity (Wildman–Crippen MR) is 111 cm³/mol. The summed E-state index contributed by atoms with van der Waals surface area (Å²) in [5, 5.41) is 2.88. The molecular formula is C22H25F3N2O3S. The Morgan fingerprint density at radius 2 is 1.61 bits per heavy atom. The van der Waals surface area contributed by atoms with Gasteiger partial charge < -0.3 is 5.32 Å². The molecule has 1 aliphatic heterocycles. The van der Waals surface area contributed by atoms with Gasteiger partial charge in [-0.25, -0.2) is 8.42 Å². The lowest BCUT2D eigenvalue weighted by molar-refractivity contribution is -0.139. The van der Waals surface area contributed by atoms with Crippen LogP contribution in [0.1, 0.15) is 30.4 Å². The van der Waals surface area contributed by atoms with Crippen LogP contribution in [0.5, 0.6) is 0 Å². The van der Waals surface area contributed by atoms with Crippen LogP contribution < -0.4 is 5.32 Å². The third-order valence-electron chi connectivity index (χ3n) is 5.42. The van der Waals surface area contributed by atoms with E-state index in [1.165, 1.54) is 11.6 Å². The van der Waals surface area contributed by atoms with Crippen molar-refractivity contribution in [2.24, 2.45) is 5.92 Å². The van der Waals surface area contributed by atoms with Gasteiger partial charge in [-0.1, -0.05) is 42.5 Å². The van der Waals surface area contributed by atoms with Gasteiger partial charge in [-0.05, 0) is 43.4 Å². The molecule has 1 fully saturated rings. The number of hydrogen-bond acceptors (Lipinski definition) is 3. The van der Waals surface area contributed by atoms with Crippen LogP contribution in [-0.2, 0) is 27.4 Å². The van der Waals surface area contributed by atoms with Crippen LogP contribution in [0.15, 0.2) is 59.5 Å². The number of rotatable bonds is 7. The molecule has 1 heterocycles. The van der Waals surface area contributed by atoms with E-state index in [0.717, 1.165) is 35.3 Å². The molecule has 0 aliphatic carbocycles.